The van der Waals surface area contributed by atoms with E-state index < -0.39 is 46.1 Å². The molecule has 11 heteroatoms. The van der Waals surface area contributed by atoms with E-state index in [0.717, 1.165) is 23.5 Å². The number of thiophene rings is 1. The summed E-state index contributed by atoms with van der Waals surface area (Å²) in [4.78, 5) is 12.0. The minimum atomic E-state index is -4.78. The van der Waals surface area contributed by atoms with Gasteiger partial charge in [0.05, 0.1) is 11.6 Å². The topological polar surface area (TPSA) is 75.3 Å². The average Bonchev–Trinajstić information content (AvgIpc) is 3.07. The molecule has 1 atom stereocenters. The van der Waals surface area contributed by atoms with Crippen LogP contribution in [0, 0.1) is 5.82 Å². The van der Waals surface area contributed by atoms with E-state index in [-0.39, 0.29) is 9.77 Å². The van der Waals surface area contributed by atoms with Crippen LogP contribution in [-0.4, -0.2) is 20.4 Å². The normalized spacial score (nSPS) is 13.4. The van der Waals surface area contributed by atoms with Gasteiger partial charge in [-0.15, -0.1) is 11.3 Å². The van der Waals surface area contributed by atoms with E-state index in [4.69, 9.17) is 0 Å². The van der Waals surface area contributed by atoms with Gasteiger partial charge in [-0.3, -0.25) is 4.79 Å². The highest BCUT2D eigenvalue weighted by Gasteiger charge is 2.34. The summed E-state index contributed by atoms with van der Waals surface area (Å²) in [7, 11) is -3.90. The van der Waals surface area contributed by atoms with E-state index in [1.807, 2.05) is 0 Å². The van der Waals surface area contributed by atoms with Crippen LogP contribution in [0.1, 0.15) is 18.1 Å². The van der Waals surface area contributed by atoms with Crippen molar-refractivity contribution in [2.24, 2.45) is 0 Å². The van der Waals surface area contributed by atoms with Crippen molar-refractivity contribution in [3.63, 3.8) is 0 Å². The lowest BCUT2D eigenvalue weighted by molar-refractivity contribution is -0.138. The Kier molecular flexibility index (Phi) is 6.04. The van der Waals surface area contributed by atoms with Crippen molar-refractivity contribution in [2.75, 3.05) is 0 Å². The predicted octanol–water partition coefficient (Wildman–Crippen LogP) is 2.89. The smallest absolute Gasteiger partial charge is 0.351 e. The van der Waals surface area contributed by atoms with E-state index in [9.17, 15) is 30.8 Å². The number of amides is 1. The van der Waals surface area contributed by atoms with Gasteiger partial charge in [-0.2, -0.15) is 17.9 Å². The number of benzene rings is 1. The van der Waals surface area contributed by atoms with Crippen molar-refractivity contribution in [3.05, 3.63) is 52.7 Å². The van der Waals surface area contributed by atoms with Gasteiger partial charge in [-0.25, -0.2) is 12.8 Å². The summed E-state index contributed by atoms with van der Waals surface area (Å²) in [5.74, 6) is -1.87. The number of sulfonamides is 1. The molecule has 0 aliphatic rings. The second kappa shape index (κ2) is 7.72. The number of carbonyl (C=O) groups is 1. The molecular formula is C15H14F4N2O3S2. The molecule has 1 amide bonds. The standard InChI is InChI=1S/C15H14F4N2O3S2/c1-9(21-26(23,24)13-3-2-6-25-13)14(22)20-8-10-4-5-11(16)7-12(10)15(17,18)19/h2-7,9,21H,8H2,1H3,(H,20,22). The molecule has 1 aromatic carbocycles. The Morgan fingerprint density at radius 3 is 2.54 bits per heavy atom. The van der Waals surface area contributed by atoms with Gasteiger partial charge in [0.2, 0.25) is 5.91 Å². The molecule has 1 heterocycles. The van der Waals surface area contributed by atoms with Crippen LogP contribution in [0.3, 0.4) is 0 Å². The maximum Gasteiger partial charge on any atom is 0.416 e. The lowest BCUT2D eigenvalue weighted by atomic mass is 10.1. The molecule has 26 heavy (non-hydrogen) atoms. The number of hydrogen-bond donors (Lipinski definition) is 2. The zero-order valence-corrected chi connectivity index (χ0v) is 14.9. The fourth-order valence-electron chi connectivity index (χ4n) is 2.06. The van der Waals surface area contributed by atoms with Crippen molar-refractivity contribution in [2.45, 2.75) is 29.9 Å². The van der Waals surface area contributed by atoms with Crippen LogP contribution in [0.2, 0.25) is 0 Å². The highest BCUT2D eigenvalue weighted by Crippen LogP contribution is 2.32. The van der Waals surface area contributed by atoms with Gasteiger partial charge in [0.15, 0.2) is 0 Å². The van der Waals surface area contributed by atoms with Gasteiger partial charge in [0.1, 0.15) is 10.0 Å². The summed E-state index contributed by atoms with van der Waals surface area (Å²) in [5.41, 5.74) is -1.54. The second-order valence-corrected chi connectivity index (χ2v) is 8.18. The predicted molar refractivity (Wildman–Crippen MR) is 87.4 cm³/mol. The highest BCUT2D eigenvalue weighted by atomic mass is 32.2. The number of halogens is 4. The maximum atomic E-state index is 13.1. The van der Waals surface area contributed by atoms with Crippen LogP contribution >= 0.6 is 11.3 Å². The van der Waals surface area contributed by atoms with Crippen molar-refractivity contribution in [3.8, 4) is 0 Å². The molecule has 0 spiro atoms. The molecule has 0 fully saturated rings. The number of rotatable bonds is 6. The summed E-state index contributed by atoms with van der Waals surface area (Å²) in [6, 6.07) is 3.77. The molecule has 0 saturated carbocycles. The molecule has 1 unspecified atom stereocenters. The van der Waals surface area contributed by atoms with Gasteiger partial charge in [0, 0.05) is 6.54 Å². The van der Waals surface area contributed by atoms with Crippen molar-refractivity contribution in [1.82, 2.24) is 10.0 Å². The summed E-state index contributed by atoms with van der Waals surface area (Å²) in [6.07, 6.45) is -4.78. The fourth-order valence-corrected chi connectivity index (χ4v) is 4.28. The number of carbonyl (C=O) groups excluding carboxylic acids is 1. The van der Waals surface area contributed by atoms with Crippen molar-refractivity contribution < 1.29 is 30.8 Å². The van der Waals surface area contributed by atoms with Crippen LogP contribution < -0.4 is 10.0 Å². The Morgan fingerprint density at radius 2 is 1.96 bits per heavy atom. The Balaban J connectivity index is 2.05. The largest absolute Gasteiger partial charge is 0.416 e. The zero-order valence-electron chi connectivity index (χ0n) is 13.3. The minimum absolute atomic E-state index is 0.00930. The van der Waals surface area contributed by atoms with E-state index in [2.05, 4.69) is 10.0 Å². The molecular weight excluding hydrogens is 396 g/mol. The average molecular weight is 410 g/mol. The van der Waals surface area contributed by atoms with Gasteiger partial charge in [-0.1, -0.05) is 12.1 Å². The molecule has 2 N–H and O–H groups in total. The molecule has 0 bridgehead atoms. The summed E-state index contributed by atoms with van der Waals surface area (Å²) in [6.45, 7) is 0.731. The molecule has 0 radical (unpaired) electrons. The lowest BCUT2D eigenvalue weighted by Crippen LogP contribution is -2.44. The van der Waals surface area contributed by atoms with Crippen LogP contribution in [-0.2, 0) is 27.5 Å². The van der Waals surface area contributed by atoms with E-state index in [0.29, 0.717) is 6.07 Å². The quantitative estimate of drug-likeness (QED) is 0.719. The monoisotopic (exact) mass is 410 g/mol. The fraction of sp³-hybridized carbons (Fsp3) is 0.267. The summed E-state index contributed by atoms with van der Waals surface area (Å²) >= 11 is 0.957. The first kappa shape index (κ1) is 20.3. The van der Waals surface area contributed by atoms with Gasteiger partial charge in [-0.05, 0) is 36.1 Å². The molecule has 1 aromatic heterocycles. The van der Waals surface area contributed by atoms with Crippen LogP contribution in [0.4, 0.5) is 17.6 Å². The number of alkyl halides is 3. The Hall–Kier alpha value is -1.98. The zero-order chi connectivity index (χ0) is 19.5. The van der Waals surface area contributed by atoms with Gasteiger partial charge >= 0.3 is 6.18 Å². The molecule has 0 saturated heterocycles. The minimum Gasteiger partial charge on any atom is -0.351 e. The second-order valence-electron chi connectivity index (χ2n) is 5.29. The highest BCUT2D eigenvalue weighted by molar-refractivity contribution is 7.91. The van der Waals surface area contributed by atoms with E-state index in [1.54, 1.807) is 5.38 Å². The van der Waals surface area contributed by atoms with Crippen molar-refractivity contribution >= 4 is 27.3 Å². The Labute approximate surface area is 151 Å². The van der Waals surface area contributed by atoms with Crippen LogP contribution in [0.5, 0.6) is 0 Å². The number of nitrogens with one attached hydrogen (secondary N) is 2. The Bertz CT molecular complexity index is 881. The van der Waals surface area contributed by atoms with Crippen LogP contribution in [0.25, 0.3) is 0 Å². The third-order valence-electron chi connectivity index (χ3n) is 3.32. The third-order valence-corrected chi connectivity index (χ3v) is 6.25. The van der Waals surface area contributed by atoms with E-state index in [1.165, 1.54) is 19.1 Å². The lowest BCUT2D eigenvalue weighted by Gasteiger charge is -2.16. The molecule has 5 nitrogen and oxygen atoms in total. The van der Waals surface area contributed by atoms with Gasteiger partial charge in [0.25, 0.3) is 10.0 Å². The van der Waals surface area contributed by atoms with Gasteiger partial charge < -0.3 is 5.32 Å². The SMILES string of the molecule is CC(NS(=O)(=O)c1cccs1)C(=O)NCc1ccc(F)cc1C(F)(F)F. The molecule has 142 valence electrons. The maximum absolute atomic E-state index is 13.1. The Morgan fingerprint density at radius 1 is 1.27 bits per heavy atom. The summed E-state index contributed by atoms with van der Waals surface area (Å²) in [5, 5.41) is 3.76. The van der Waals surface area contributed by atoms with Crippen LogP contribution in [0.15, 0.2) is 39.9 Å². The first-order chi connectivity index (χ1) is 12.0. The molecule has 0 aliphatic heterocycles. The first-order valence-electron chi connectivity index (χ1n) is 7.20. The number of hydrogen-bond acceptors (Lipinski definition) is 4. The molecule has 0 aliphatic carbocycles. The first-order valence-corrected chi connectivity index (χ1v) is 9.56. The summed E-state index contributed by atoms with van der Waals surface area (Å²) < 4.78 is 78.0. The molecule has 2 aromatic rings. The third kappa shape index (κ3) is 5.02. The molecule has 2 rings (SSSR count). The van der Waals surface area contributed by atoms with Crippen molar-refractivity contribution in [1.29, 1.82) is 0 Å². The van der Waals surface area contributed by atoms with E-state index >= 15 is 0 Å².